The third kappa shape index (κ3) is 6.66. The van der Waals surface area contributed by atoms with Crippen molar-refractivity contribution in [2.45, 2.75) is 58.0 Å². The number of esters is 1. The standard InChI is InChI=1S/C36H39NO6/c1-5-6-17-42-36(39)33-23(2)37-29-19-27(25-15-16-31(40-3)32(21-25)41-4)20-30(38)35(29)34(33)26-13-10-14-28(18-26)43-22-24-11-8-7-9-12-24/h7-16,18,21,27,33-34H,5-6,17,19-20,22H2,1-4H3/t27-,33?,34-/m1/s1. The number of nitrogens with zero attached hydrogens (tertiary/aromatic N) is 1. The Bertz CT molecular complexity index is 1530. The second-order valence-electron chi connectivity index (χ2n) is 11.1. The topological polar surface area (TPSA) is 83.4 Å². The predicted octanol–water partition coefficient (Wildman–Crippen LogP) is 7.20. The van der Waals surface area contributed by atoms with Gasteiger partial charge in [0.05, 0.1) is 20.8 Å². The minimum absolute atomic E-state index is 0.00995. The van der Waals surface area contributed by atoms with E-state index in [1.54, 1.807) is 14.2 Å². The van der Waals surface area contributed by atoms with Gasteiger partial charge in [-0.3, -0.25) is 14.6 Å². The number of aliphatic imine (C=N–C) groups is 1. The number of rotatable bonds is 11. The molecule has 1 aliphatic carbocycles. The van der Waals surface area contributed by atoms with Crippen LogP contribution in [-0.4, -0.2) is 38.3 Å². The summed E-state index contributed by atoms with van der Waals surface area (Å²) < 4.78 is 22.8. The molecule has 0 amide bonds. The van der Waals surface area contributed by atoms with Crippen molar-refractivity contribution in [2.24, 2.45) is 10.9 Å². The molecule has 5 rings (SSSR count). The number of hydrogen-bond donors (Lipinski definition) is 0. The highest BCUT2D eigenvalue weighted by Gasteiger charge is 2.45. The largest absolute Gasteiger partial charge is 0.493 e. The van der Waals surface area contributed by atoms with Gasteiger partial charge >= 0.3 is 5.97 Å². The third-order valence-electron chi connectivity index (χ3n) is 8.23. The average Bonchev–Trinajstić information content (AvgIpc) is 3.03. The van der Waals surface area contributed by atoms with Crippen molar-refractivity contribution in [3.8, 4) is 17.2 Å². The summed E-state index contributed by atoms with van der Waals surface area (Å²) >= 11 is 0. The number of hydrogen-bond acceptors (Lipinski definition) is 7. The smallest absolute Gasteiger partial charge is 0.315 e. The molecule has 7 heteroatoms. The molecule has 43 heavy (non-hydrogen) atoms. The Hall–Kier alpha value is -4.39. The van der Waals surface area contributed by atoms with Crippen molar-refractivity contribution in [1.29, 1.82) is 0 Å². The van der Waals surface area contributed by atoms with E-state index in [1.165, 1.54) is 0 Å². The zero-order valence-corrected chi connectivity index (χ0v) is 25.3. The maximum absolute atomic E-state index is 14.0. The number of benzene rings is 3. The molecule has 7 nitrogen and oxygen atoms in total. The van der Waals surface area contributed by atoms with Crippen molar-refractivity contribution in [1.82, 2.24) is 0 Å². The first-order chi connectivity index (χ1) is 20.9. The third-order valence-corrected chi connectivity index (χ3v) is 8.23. The molecule has 0 saturated heterocycles. The van der Waals surface area contributed by atoms with Crippen LogP contribution in [0.4, 0.5) is 0 Å². The van der Waals surface area contributed by atoms with Crippen molar-refractivity contribution < 1.29 is 28.5 Å². The highest BCUT2D eigenvalue weighted by molar-refractivity contribution is 6.09. The molecule has 0 fully saturated rings. The molecule has 3 aromatic carbocycles. The number of allylic oxidation sites excluding steroid dienone is 2. The van der Waals surface area contributed by atoms with Crippen LogP contribution in [0.25, 0.3) is 0 Å². The van der Waals surface area contributed by atoms with Gasteiger partial charge in [-0.15, -0.1) is 0 Å². The second kappa shape index (κ2) is 13.7. The lowest BCUT2D eigenvalue weighted by Crippen LogP contribution is -2.38. The number of carbonyl (C=O) groups is 2. The van der Waals surface area contributed by atoms with Crippen LogP contribution in [0.2, 0.25) is 0 Å². The molecule has 2 aliphatic rings. The maximum atomic E-state index is 14.0. The summed E-state index contributed by atoms with van der Waals surface area (Å²) in [6.07, 6.45) is 2.58. The summed E-state index contributed by atoms with van der Waals surface area (Å²) in [6, 6.07) is 23.4. The number of carbonyl (C=O) groups excluding carboxylic acids is 2. The lowest BCUT2D eigenvalue weighted by molar-refractivity contribution is -0.146. The van der Waals surface area contributed by atoms with Crippen LogP contribution in [0.1, 0.15) is 68.1 Å². The number of ether oxygens (including phenoxy) is 4. The molecule has 0 radical (unpaired) electrons. The molecule has 3 atom stereocenters. The summed E-state index contributed by atoms with van der Waals surface area (Å²) in [5, 5.41) is 0. The summed E-state index contributed by atoms with van der Waals surface area (Å²) in [7, 11) is 3.20. The molecular weight excluding hydrogens is 542 g/mol. The average molecular weight is 582 g/mol. The van der Waals surface area contributed by atoms with Gasteiger partial charge in [0.25, 0.3) is 0 Å². The van der Waals surface area contributed by atoms with E-state index in [1.807, 2.05) is 79.7 Å². The predicted molar refractivity (Wildman–Crippen MR) is 166 cm³/mol. The Labute approximate surface area is 253 Å². The van der Waals surface area contributed by atoms with Crippen molar-refractivity contribution in [2.75, 3.05) is 20.8 Å². The SMILES string of the molecule is CCCCOC(=O)C1C(C)=NC2=C(C(=O)C[C@H](c3ccc(OC)c(OC)c3)C2)[C@@H]1c1cccc(OCc2ccccc2)c1. The maximum Gasteiger partial charge on any atom is 0.315 e. The molecule has 0 saturated carbocycles. The van der Waals surface area contributed by atoms with E-state index in [4.69, 9.17) is 23.9 Å². The lowest BCUT2D eigenvalue weighted by atomic mass is 9.69. The molecule has 0 N–H and O–H groups in total. The molecule has 1 aliphatic heterocycles. The van der Waals surface area contributed by atoms with Crippen LogP contribution in [-0.2, 0) is 20.9 Å². The summed E-state index contributed by atoms with van der Waals surface area (Å²) in [4.78, 5) is 32.5. The molecule has 224 valence electrons. The Kier molecular flexibility index (Phi) is 9.60. The molecule has 0 spiro atoms. The van der Waals surface area contributed by atoms with Gasteiger partial charge in [-0.1, -0.05) is 61.9 Å². The fourth-order valence-electron chi connectivity index (χ4n) is 6.01. The fourth-order valence-corrected chi connectivity index (χ4v) is 6.01. The lowest BCUT2D eigenvalue weighted by Gasteiger charge is -2.36. The normalized spacial score (nSPS) is 19.8. The van der Waals surface area contributed by atoms with Gasteiger partial charge in [0.2, 0.25) is 0 Å². The van der Waals surface area contributed by atoms with E-state index in [2.05, 4.69) is 6.92 Å². The van der Waals surface area contributed by atoms with E-state index in [0.717, 1.165) is 35.2 Å². The van der Waals surface area contributed by atoms with Crippen molar-refractivity contribution in [3.05, 3.63) is 101 Å². The minimum Gasteiger partial charge on any atom is -0.493 e. The first kappa shape index (κ1) is 30.1. The number of Topliss-reactive ketones (excluding diaryl/α,β-unsaturated/α-hetero) is 1. The van der Waals surface area contributed by atoms with Crippen LogP contribution >= 0.6 is 0 Å². The van der Waals surface area contributed by atoms with Crippen LogP contribution in [0.3, 0.4) is 0 Å². The summed E-state index contributed by atoms with van der Waals surface area (Å²) in [6.45, 7) is 4.67. The monoisotopic (exact) mass is 581 g/mol. The Morgan fingerprint density at radius 3 is 2.44 bits per heavy atom. The Balaban J connectivity index is 1.50. The number of methoxy groups -OCH3 is 2. The van der Waals surface area contributed by atoms with Gasteiger partial charge in [-0.2, -0.15) is 0 Å². The van der Waals surface area contributed by atoms with Gasteiger partial charge in [-0.25, -0.2) is 0 Å². The Morgan fingerprint density at radius 2 is 1.70 bits per heavy atom. The van der Waals surface area contributed by atoms with Gasteiger partial charge in [0.1, 0.15) is 18.3 Å². The van der Waals surface area contributed by atoms with Crippen molar-refractivity contribution >= 4 is 17.5 Å². The first-order valence-corrected chi connectivity index (χ1v) is 14.9. The molecule has 0 aromatic heterocycles. The first-order valence-electron chi connectivity index (χ1n) is 14.9. The zero-order chi connectivity index (χ0) is 30.3. The van der Waals surface area contributed by atoms with Crippen molar-refractivity contribution in [3.63, 3.8) is 0 Å². The summed E-state index contributed by atoms with van der Waals surface area (Å²) in [5.41, 5.74) is 4.86. The minimum atomic E-state index is -0.693. The van der Waals surface area contributed by atoms with Crippen LogP contribution in [0.5, 0.6) is 17.2 Å². The van der Waals surface area contributed by atoms with Gasteiger partial charge < -0.3 is 18.9 Å². The van der Waals surface area contributed by atoms with E-state index in [-0.39, 0.29) is 17.7 Å². The highest BCUT2D eigenvalue weighted by atomic mass is 16.5. The molecular formula is C36H39NO6. The van der Waals surface area contributed by atoms with Gasteiger partial charge in [0.15, 0.2) is 17.3 Å². The van der Waals surface area contributed by atoms with E-state index in [9.17, 15) is 9.59 Å². The van der Waals surface area contributed by atoms with Crippen LogP contribution < -0.4 is 14.2 Å². The van der Waals surface area contributed by atoms with Crippen LogP contribution in [0.15, 0.2) is 89.1 Å². The summed E-state index contributed by atoms with van der Waals surface area (Å²) in [5.74, 6) is 0.294. The number of ketones is 1. The fraction of sp³-hybridized carbons (Fsp3) is 0.361. The Morgan fingerprint density at radius 1 is 0.907 bits per heavy atom. The van der Waals surface area contributed by atoms with Gasteiger partial charge in [-0.05, 0) is 66.6 Å². The molecule has 0 bridgehead atoms. The van der Waals surface area contributed by atoms with E-state index >= 15 is 0 Å². The number of unbranched alkanes of at least 4 members (excludes halogenated alkanes) is 1. The molecule has 1 heterocycles. The highest BCUT2D eigenvalue weighted by Crippen LogP contribution is 2.48. The van der Waals surface area contributed by atoms with E-state index in [0.29, 0.717) is 54.6 Å². The second-order valence-corrected chi connectivity index (χ2v) is 11.1. The molecule has 1 unspecified atom stereocenters. The zero-order valence-electron chi connectivity index (χ0n) is 25.3. The van der Waals surface area contributed by atoms with E-state index < -0.39 is 11.8 Å². The quantitative estimate of drug-likeness (QED) is 0.176. The van der Waals surface area contributed by atoms with Gasteiger partial charge in [0, 0.05) is 29.3 Å². The van der Waals surface area contributed by atoms with Crippen LogP contribution in [0, 0.1) is 5.92 Å². The molecule has 3 aromatic rings.